The fraction of sp³-hybridized carbons (Fsp3) is 0.389. The number of fused-ring (bicyclic) bond motifs is 1. The van der Waals surface area contributed by atoms with Crippen molar-refractivity contribution in [3.8, 4) is 0 Å². The van der Waals surface area contributed by atoms with Crippen LogP contribution in [0, 0.1) is 6.92 Å². The molecule has 0 unspecified atom stereocenters. The van der Waals surface area contributed by atoms with E-state index >= 15 is 0 Å². The van der Waals surface area contributed by atoms with E-state index in [-0.39, 0.29) is 23.9 Å². The molecule has 0 radical (unpaired) electrons. The van der Waals surface area contributed by atoms with Gasteiger partial charge < -0.3 is 10.0 Å². The standard InChI is InChI=1S/C18H20N2O3S/c1-11-19-14-4-3-5-15(17(14)24-11)20(2)16(21)10-12-6-8-13(9-7-12)18(22)23/h6-9,15H,3-5,10H2,1-2H3,(H,22,23)/t15-/m0/s1. The number of carbonyl (C=O) groups excluding carboxylic acids is 1. The molecule has 2 aromatic rings. The van der Waals surface area contributed by atoms with E-state index in [9.17, 15) is 9.59 Å². The lowest BCUT2D eigenvalue weighted by Gasteiger charge is -2.30. The Morgan fingerprint density at radius 3 is 2.71 bits per heavy atom. The number of rotatable bonds is 4. The Balaban J connectivity index is 1.72. The first kappa shape index (κ1) is 16.6. The summed E-state index contributed by atoms with van der Waals surface area (Å²) in [6.45, 7) is 2.01. The summed E-state index contributed by atoms with van der Waals surface area (Å²) >= 11 is 1.69. The number of carboxylic acids is 1. The normalized spacial score (nSPS) is 16.5. The second-order valence-corrected chi connectivity index (χ2v) is 7.37. The number of thiazole rings is 1. The Morgan fingerprint density at radius 2 is 2.04 bits per heavy atom. The van der Waals surface area contributed by atoms with Gasteiger partial charge in [-0.05, 0) is 43.9 Å². The largest absolute Gasteiger partial charge is 0.478 e. The quantitative estimate of drug-likeness (QED) is 0.924. The van der Waals surface area contributed by atoms with E-state index in [0.717, 1.165) is 35.5 Å². The molecule has 1 atom stereocenters. The topological polar surface area (TPSA) is 70.5 Å². The molecule has 1 N–H and O–H groups in total. The molecule has 1 heterocycles. The number of carboxylic acid groups (broad SMARTS) is 1. The monoisotopic (exact) mass is 344 g/mol. The number of hydrogen-bond acceptors (Lipinski definition) is 4. The Bertz CT molecular complexity index is 767. The molecule has 3 rings (SSSR count). The number of amides is 1. The van der Waals surface area contributed by atoms with Gasteiger partial charge in [0.2, 0.25) is 5.91 Å². The molecule has 24 heavy (non-hydrogen) atoms. The second kappa shape index (κ2) is 6.73. The van der Waals surface area contributed by atoms with Crippen LogP contribution in [-0.2, 0) is 17.6 Å². The average molecular weight is 344 g/mol. The van der Waals surface area contributed by atoms with Crippen LogP contribution in [0.1, 0.15) is 50.4 Å². The Labute approximate surface area is 145 Å². The van der Waals surface area contributed by atoms with Gasteiger partial charge >= 0.3 is 5.97 Å². The average Bonchev–Trinajstić information content (AvgIpc) is 2.94. The number of likely N-dealkylation sites (N-methyl/N-ethyl adjacent to an activating group) is 1. The van der Waals surface area contributed by atoms with Crippen molar-refractivity contribution in [3.63, 3.8) is 0 Å². The van der Waals surface area contributed by atoms with Crippen LogP contribution in [0.4, 0.5) is 0 Å². The van der Waals surface area contributed by atoms with Crippen molar-refractivity contribution in [2.24, 2.45) is 0 Å². The van der Waals surface area contributed by atoms with Gasteiger partial charge in [0.15, 0.2) is 0 Å². The first-order valence-corrected chi connectivity index (χ1v) is 8.81. The number of benzene rings is 1. The highest BCUT2D eigenvalue weighted by molar-refractivity contribution is 7.11. The van der Waals surface area contributed by atoms with Crippen LogP contribution in [0.15, 0.2) is 24.3 Å². The Hall–Kier alpha value is -2.21. The number of aromatic carboxylic acids is 1. The summed E-state index contributed by atoms with van der Waals surface area (Å²) in [5.74, 6) is -0.915. The SMILES string of the molecule is Cc1nc2c(s1)[C@@H](N(C)C(=O)Cc1ccc(C(=O)O)cc1)CCC2. The summed E-state index contributed by atoms with van der Waals surface area (Å²) < 4.78 is 0. The molecule has 1 amide bonds. The molecule has 1 aliphatic carbocycles. The minimum absolute atomic E-state index is 0.0435. The van der Waals surface area contributed by atoms with Gasteiger partial charge in [-0.2, -0.15) is 0 Å². The molecular weight excluding hydrogens is 324 g/mol. The minimum atomic E-state index is -0.958. The van der Waals surface area contributed by atoms with Crippen LogP contribution in [0.3, 0.4) is 0 Å². The molecule has 5 nitrogen and oxygen atoms in total. The first-order chi connectivity index (χ1) is 11.5. The molecule has 6 heteroatoms. The lowest BCUT2D eigenvalue weighted by atomic mass is 9.96. The third-order valence-electron chi connectivity index (χ3n) is 4.45. The molecule has 0 saturated carbocycles. The number of aryl methyl sites for hydroxylation is 2. The maximum atomic E-state index is 12.6. The maximum absolute atomic E-state index is 12.6. The fourth-order valence-electron chi connectivity index (χ4n) is 3.13. The molecule has 0 saturated heterocycles. The maximum Gasteiger partial charge on any atom is 0.335 e. The van der Waals surface area contributed by atoms with Gasteiger partial charge in [-0.1, -0.05) is 12.1 Å². The summed E-state index contributed by atoms with van der Waals surface area (Å²) in [7, 11) is 1.85. The van der Waals surface area contributed by atoms with Gasteiger partial charge in [-0.15, -0.1) is 11.3 Å². The van der Waals surface area contributed by atoms with Crippen molar-refractivity contribution in [2.75, 3.05) is 7.05 Å². The molecule has 0 fully saturated rings. The Morgan fingerprint density at radius 1 is 1.33 bits per heavy atom. The van der Waals surface area contributed by atoms with Crippen LogP contribution in [0.2, 0.25) is 0 Å². The summed E-state index contributed by atoms with van der Waals surface area (Å²) in [5.41, 5.74) is 2.20. The summed E-state index contributed by atoms with van der Waals surface area (Å²) in [5, 5.41) is 9.98. The highest BCUT2D eigenvalue weighted by atomic mass is 32.1. The lowest BCUT2D eigenvalue weighted by Crippen LogP contribution is -2.33. The van der Waals surface area contributed by atoms with Crippen molar-refractivity contribution in [1.82, 2.24) is 9.88 Å². The van der Waals surface area contributed by atoms with E-state index in [1.807, 2.05) is 18.9 Å². The van der Waals surface area contributed by atoms with Gasteiger partial charge in [0.05, 0.1) is 33.6 Å². The smallest absolute Gasteiger partial charge is 0.335 e. The van der Waals surface area contributed by atoms with Gasteiger partial charge in [0.1, 0.15) is 0 Å². The van der Waals surface area contributed by atoms with Gasteiger partial charge in [0, 0.05) is 7.05 Å². The van der Waals surface area contributed by atoms with E-state index in [2.05, 4.69) is 4.98 Å². The van der Waals surface area contributed by atoms with E-state index in [0.29, 0.717) is 0 Å². The lowest BCUT2D eigenvalue weighted by molar-refractivity contribution is -0.131. The van der Waals surface area contributed by atoms with Crippen molar-refractivity contribution in [3.05, 3.63) is 51.0 Å². The highest BCUT2D eigenvalue weighted by Crippen LogP contribution is 2.37. The van der Waals surface area contributed by atoms with Crippen molar-refractivity contribution in [1.29, 1.82) is 0 Å². The third-order valence-corrected chi connectivity index (χ3v) is 5.56. The van der Waals surface area contributed by atoms with Crippen LogP contribution < -0.4 is 0 Å². The zero-order valence-corrected chi connectivity index (χ0v) is 14.6. The van der Waals surface area contributed by atoms with Crippen molar-refractivity contribution >= 4 is 23.2 Å². The molecule has 0 aliphatic heterocycles. The predicted octanol–water partition coefficient (Wildman–Crippen LogP) is 3.23. The van der Waals surface area contributed by atoms with Crippen LogP contribution in [0.5, 0.6) is 0 Å². The number of nitrogens with zero attached hydrogens (tertiary/aromatic N) is 2. The minimum Gasteiger partial charge on any atom is -0.478 e. The summed E-state index contributed by atoms with van der Waals surface area (Å²) in [6, 6.07) is 6.59. The fourth-order valence-corrected chi connectivity index (χ4v) is 4.28. The zero-order valence-electron chi connectivity index (χ0n) is 13.8. The van der Waals surface area contributed by atoms with E-state index < -0.39 is 5.97 Å². The number of carbonyl (C=O) groups is 2. The zero-order chi connectivity index (χ0) is 17.3. The van der Waals surface area contributed by atoms with Crippen molar-refractivity contribution < 1.29 is 14.7 Å². The van der Waals surface area contributed by atoms with Crippen molar-refractivity contribution in [2.45, 2.75) is 38.6 Å². The van der Waals surface area contributed by atoms with Gasteiger partial charge in [-0.3, -0.25) is 4.79 Å². The molecule has 126 valence electrons. The van der Waals surface area contributed by atoms with E-state index in [1.165, 1.54) is 17.0 Å². The van der Waals surface area contributed by atoms with E-state index in [4.69, 9.17) is 5.11 Å². The van der Waals surface area contributed by atoms with Crippen LogP contribution >= 0.6 is 11.3 Å². The molecule has 1 aromatic carbocycles. The second-order valence-electron chi connectivity index (χ2n) is 6.14. The first-order valence-electron chi connectivity index (χ1n) is 8.00. The van der Waals surface area contributed by atoms with Crippen LogP contribution in [0.25, 0.3) is 0 Å². The number of aromatic nitrogens is 1. The van der Waals surface area contributed by atoms with E-state index in [1.54, 1.807) is 23.5 Å². The highest BCUT2D eigenvalue weighted by Gasteiger charge is 2.29. The third kappa shape index (κ3) is 3.33. The number of hydrogen-bond donors (Lipinski definition) is 1. The molecule has 0 bridgehead atoms. The summed E-state index contributed by atoms with van der Waals surface area (Å²) in [6.07, 6.45) is 3.29. The van der Waals surface area contributed by atoms with Gasteiger partial charge in [0.25, 0.3) is 0 Å². The molecule has 1 aliphatic rings. The van der Waals surface area contributed by atoms with Gasteiger partial charge in [-0.25, -0.2) is 9.78 Å². The summed E-state index contributed by atoms with van der Waals surface area (Å²) in [4.78, 5) is 31.1. The molecular formula is C18H20N2O3S. The molecule has 0 spiro atoms. The van der Waals surface area contributed by atoms with Crippen LogP contribution in [-0.4, -0.2) is 33.9 Å². The Kier molecular flexibility index (Phi) is 4.66. The molecule has 1 aromatic heterocycles. The predicted molar refractivity (Wildman–Crippen MR) is 92.4 cm³/mol.